The zero-order valence-electron chi connectivity index (χ0n) is 10.0. The number of sulfonamides is 1. The Morgan fingerprint density at radius 2 is 2.06 bits per heavy atom. The van der Waals surface area contributed by atoms with Crippen LogP contribution in [0.1, 0.15) is 41.6 Å². The molecule has 1 aromatic rings. The van der Waals surface area contributed by atoms with Crippen LogP contribution in [0.15, 0.2) is 9.59 Å². The third-order valence-electron chi connectivity index (χ3n) is 3.05. The first-order chi connectivity index (χ1) is 8.39. The van der Waals surface area contributed by atoms with Crippen LogP contribution in [0.4, 0.5) is 0 Å². The molecule has 0 saturated heterocycles. The Morgan fingerprint density at radius 1 is 1.44 bits per heavy atom. The lowest BCUT2D eigenvalue weighted by molar-refractivity contribution is 0.0317. The van der Waals surface area contributed by atoms with Crippen LogP contribution in [0.25, 0.3) is 0 Å². The van der Waals surface area contributed by atoms with Gasteiger partial charge in [0.15, 0.2) is 0 Å². The Morgan fingerprint density at radius 3 is 2.56 bits per heavy atom. The van der Waals surface area contributed by atoms with E-state index in [0.29, 0.717) is 11.1 Å². The van der Waals surface area contributed by atoms with Crippen LogP contribution >= 0.6 is 11.3 Å². The molecule has 18 heavy (non-hydrogen) atoms. The fourth-order valence-electron chi connectivity index (χ4n) is 2.10. The molecule has 7 heteroatoms. The van der Waals surface area contributed by atoms with Crippen molar-refractivity contribution in [3.05, 3.63) is 16.5 Å². The van der Waals surface area contributed by atoms with Crippen molar-refractivity contribution in [1.29, 1.82) is 0 Å². The number of esters is 1. The van der Waals surface area contributed by atoms with Crippen LogP contribution in [0.2, 0.25) is 0 Å². The second kappa shape index (κ2) is 4.99. The van der Waals surface area contributed by atoms with Crippen molar-refractivity contribution in [1.82, 2.24) is 0 Å². The maximum atomic E-state index is 11.9. The van der Waals surface area contributed by atoms with Crippen molar-refractivity contribution in [3.63, 3.8) is 0 Å². The topological polar surface area (TPSA) is 86.5 Å². The van der Waals surface area contributed by atoms with Crippen molar-refractivity contribution >= 4 is 27.3 Å². The van der Waals surface area contributed by atoms with E-state index in [2.05, 4.69) is 0 Å². The highest BCUT2D eigenvalue weighted by atomic mass is 32.2. The molecule has 0 bridgehead atoms. The second-order valence-corrected chi connectivity index (χ2v) is 7.05. The summed E-state index contributed by atoms with van der Waals surface area (Å²) in [5, 5.41) is 6.56. The predicted molar refractivity (Wildman–Crippen MR) is 68.1 cm³/mol. The zero-order valence-corrected chi connectivity index (χ0v) is 11.6. The maximum absolute atomic E-state index is 11.9. The maximum Gasteiger partial charge on any atom is 0.339 e. The van der Waals surface area contributed by atoms with Gasteiger partial charge in [-0.2, -0.15) is 0 Å². The van der Waals surface area contributed by atoms with Gasteiger partial charge in [-0.05, 0) is 38.2 Å². The number of ether oxygens (including phenoxy) is 1. The fraction of sp³-hybridized carbons (Fsp3) is 0.545. The number of carbonyl (C=O) groups is 1. The quantitative estimate of drug-likeness (QED) is 0.860. The van der Waals surface area contributed by atoms with E-state index in [-0.39, 0.29) is 10.3 Å². The van der Waals surface area contributed by atoms with Gasteiger partial charge in [0.2, 0.25) is 10.0 Å². The molecule has 2 N–H and O–H groups in total. The molecule has 0 amide bonds. The van der Waals surface area contributed by atoms with Gasteiger partial charge >= 0.3 is 5.97 Å². The highest BCUT2D eigenvalue weighted by Gasteiger charge is 2.25. The van der Waals surface area contributed by atoms with Gasteiger partial charge in [0.1, 0.15) is 10.3 Å². The van der Waals surface area contributed by atoms with Gasteiger partial charge in [0, 0.05) is 5.38 Å². The zero-order chi connectivity index (χ0) is 13.3. The van der Waals surface area contributed by atoms with Gasteiger partial charge in [0.25, 0.3) is 0 Å². The molecular weight excluding hydrogens is 274 g/mol. The summed E-state index contributed by atoms with van der Waals surface area (Å²) in [6.45, 7) is 1.57. The van der Waals surface area contributed by atoms with Crippen molar-refractivity contribution in [3.8, 4) is 0 Å². The van der Waals surface area contributed by atoms with Crippen molar-refractivity contribution < 1.29 is 17.9 Å². The average Bonchev–Trinajstić information content (AvgIpc) is 2.85. The normalized spacial score (nSPS) is 17.0. The molecule has 1 aliphatic carbocycles. The number of nitrogens with two attached hydrogens (primary N) is 1. The van der Waals surface area contributed by atoms with Gasteiger partial charge in [0.05, 0.1) is 5.56 Å². The Balaban J connectivity index is 2.18. The van der Waals surface area contributed by atoms with E-state index in [1.54, 1.807) is 6.92 Å². The van der Waals surface area contributed by atoms with E-state index in [1.807, 2.05) is 0 Å². The van der Waals surface area contributed by atoms with Crippen LogP contribution in [-0.2, 0) is 14.8 Å². The van der Waals surface area contributed by atoms with E-state index in [1.165, 1.54) is 5.38 Å². The predicted octanol–water partition coefficient (Wildman–Crippen LogP) is 1.80. The van der Waals surface area contributed by atoms with E-state index in [0.717, 1.165) is 37.0 Å². The summed E-state index contributed by atoms with van der Waals surface area (Å²) in [5.41, 5.74) is 0.682. The van der Waals surface area contributed by atoms with Gasteiger partial charge in [-0.1, -0.05) is 0 Å². The largest absolute Gasteiger partial charge is 0.459 e. The molecule has 0 spiro atoms. The van der Waals surface area contributed by atoms with Gasteiger partial charge in [-0.25, -0.2) is 18.4 Å². The Kier molecular flexibility index (Phi) is 3.74. The van der Waals surface area contributed by atoms with Crippen molar-refractivity contribution in [2.45, 2.75) is 42.9 Å². The molecule has 0 aromatic carbocycles. The molecule has 1 aliphatic rings. The first-order valence-electron chi connectivity index (χ1n) is 5.71. The van der Waals surface area contributed by atoms with Crippen LogP contribution in [0, 0.1) is 6.92 Å². The number of hydrogen-bond donors (Lipinski definition) is 1. The minimum Gasteiger partial charge on any atom is -0.459 e. The summed E-state index contributed by atoms with van der Waals surface area (Å²) in [4.78, 5) is 11.9. The Labute approximate surface area is 110 Å². The van der Waals surface area contributed by atoms with Gasteiger partial charge in [-0.3, -0.25) is 0 Å². The summed E-state index contributed by atoms with van der Waals surface area (Å²) >= 11 is 0.956. The number of carbonyl (C=O) groups excluding carboxylic acids is 1. The first-order valence-corrected chi connectivity index (χ1v) is 8.14. The minimum atomic E-state index is -3.76. The first kappa shape index (κ1) is 13.5. The molecule has 2 rings (SSSR count). The third-order valence-corrected chi connectivity index (χ3v) is 5.73. The SMILES string of the molecule is Cc1c(C(=O)OC2CCCC2)csc1S(N)(=O)=O. The lowest BCUT2D eigenvalue weighted by Gasteiger charge is -2.10. The second-order valence-electron chi connectivity index (χ2n) is 4.42. The number of thiophene rings is 1. The number of rotatable bonds is 3. The average molecular weight is 289 g/mol. The Hall–Kier alpha value is -0.920. The molecule has 5 nitrogen and oxygen atoms in total. The Bertz CT molecular complexity index is 556. The molecule has 0 unspecified atom stereocenters. The molecule has 1 aromatic heterocycles. The summed E-state index contributed by atoms with van der Waals surface area (Å²) in [6, 6.07) is 0. The summed E-state index contributed by atoms with van der Waals surface area (Å²) in [6.07, 6.45) is 3.88. The monoisotopic (exact) mass is 289 g/mol. The summed E-state index contributed by atoms with van der Waals surface area (Å²) in [7, 11) is -3.76. The van der Waals surface area contributed by atoms with E-state index in [4.69, 9.17) is 9.88 Å². The van der Waals surface area contributed by atoms with Crippen LogP contribution in [-0.4, -0.2) is 20.5 Å². The summed E-state index contributed by atoms with van der Waals surface area (Å²) in [5.74, 6) is -0.453. The standard InChI is InChI=1S/C11H15NO4S2/c1-7-9(6-17-11(7)18(12,14)15)10(13)16-8-4-2-3-5-8/h6,8H,2-5H2,1H3,(H2,12,14,15). The fourth-order valence-corrected chi connectivity index (χ4v) is 4.10. The minimum absolute atomic E-state index is 0.0286. The number of primary sulfonamides is 1. The van der Waals surface area contributed by atoms with Gasteiger partial charge < -0.3 is 4.74 Å². The van der Waals surface area contributed by atoms with Crippen molar-refractivity contribution in [2.75, 3.05) is 0 Å². The van der Waals surface area contributed by atoms with E-state index >= 15 is 0 Å². The smallest absolute Gasteiger partial charge is 0.339 e. The molecule has 1 saturated carbocycles. The van der Waals surface area contributed by atoms with Crippen LogP contribution in [0.5, 0.6) is 0 Å². The molecular formula is C11H15NO4S2. The molecule has 1 heterocycles. The number of hydrogen-bond acceptors (Lipinski definition) is 5. The molecule has 0 aliphatic heterocycles. The van der Waals surface area contributed by atoms with Crippen LogP contribution in [0.3, 0.4) is 0 Å². The third kappa shape index (κ3) is 2.73. The lowest BCUT2D eigenvalue weighted by Crippen LogP contribution is -2.16. The summed E-state index contributed by atoms with van der Waals surface area (Å²) < 4.78 is 27.9. The van der Waals surface area contributed by atoms with Crippen LogP contribution < -0.4 is 5.14 Å². The molecule has 1 fully saturated rings. The van der Waals surface area contributed by atoms with E-state index < -0.39 is 16.0 Å². The highest BCUT2D eigenvalue weighted by molar-refractivity contribution is 7.91. The molecule has 100 valence electrons. The van der Waals surface area contributed by atoms with Crippen molar-refractivity contribution in [2.24, 2.45) is 5.14 Å². The highest BCUT2D eigenvalue weighted by Crippen LogP contribution is 2.28. The molecule has 0 atom stereocenters. The molecule has 0 radical (unpaired) electrons. The van der Waals surface area contributed by atoms with Gasteiger partial charge in [-0.15, -0.1) is 11.3 Å². The van der Waals surface area contributed by atoms with E-state index in [9.17, 15) is 13.2 Å². The lowest BCUT2D eigenvalue weighted by atomic mass is 10.2.